The van der Waals surface area contributed by atoms with Crippen LogP contribution in [0.3, 0.4) is 0 Å². The Morgan fingerprint density at radius 2 is 2.20 bits per heavy atom. The van der Waals surface area contributed by atoms with Crippen molar-refractivity contribution in [1.29, 1.82) is 0 Å². The third-order valence-electron chi connectivity index (χ3n) is 3.50. The number of aryl methyl sites for hydroxylation is 2. The Bertz CT molecular complexity index is 803. The number of halogens is 1. The summed E-state index contributed by atoms with van der Waals surface area (Å²) in [5.41, 5.74) is 1.55. The minimum absolute atomic E-state index is 0.0712. The monoisotopic (exact) mass is 343 g/mol. The van der Waals surface area contributed by atoms with Crippen LogP contribution in [0.15, 0.2) is 24.3 Å². The van der Waals surface area contributed by atoms with Gasteiger partial charge >= 0.3 is 0 Å². The quantitative estimate of drug-likeness (QED) is 0.648. The predicted octanol–water partition coefficient (Wildman–Crippen LogP) is 2.98. The van der Waals surface area contributed by atoms with Gasteiger partial charge in [-0.25, -0.2) is 4.39 Å². The summed E-state index contributed by atoms with van der Waals surface area (Å²) < 4.78 is 21.4. The highest BCUT2D eigenvalue weighted by molar-refractivity contribution is 5.92. The molecule has 1 aromatic carbocycles. The summed E-state index contributed by atoms with van der Waals surface area (Å²) in [5.74, 6) is 5.28. The van der Waals surface area contributed by atoms with Gasteiger partial charge in [-0.15, -0.1) is 5.92 Å². The number of hydrogen-bond donors (Lipinski definition) is 1. The number of benzene rings is 1. The van der Waals surface area contributed by atoms with Crippen LogP contribution in [0.4, 0.5) is 4.39 Å². The summed E-state index contributed by atoms with van der Waals surface area (Å²) in [7, 11) is 1.69. The molecule has 1 heterocycles. The molecule has 0 spiro atoms. The number of aromatic nitrogens is 2. The van der Waals surface area contributed by atoms with E-state index in [0.29, 0.717) is 24.3 Å². The average molecular weight is 343 g/mol. The number of carbonyl (C=O) groups is 1. The Labute approximate surface area is 147 Å². The highest BCUT2D eigenvalue weighted by atomic mass is 19.1. The van der Waals surface area contributed by atoms with Crippen molar-refractivity contribution >= 4 is 5.91 Å². The van der Waals surface area contributed by atoms with E-state index in [4.69, 9.17) is 4.74 Å². The molecule has 0 saturated heterocycles. The van der Waals surface area contributed by atoms with Crippen molar-refractivity contribution in [3.05, 3.63) is 47.0 Å². The van der Waals surface area contributed by atoms with Gasteiger partial charge in [0.2, 0.25) is 0 Å². The smallest absolute Gasteiger partial charge is 0.269 e. The van der Waals surface area contributed by atoms with Gasteiger partial charge in [-0.05, 0) is 19.1 Å². The van der Waals surface area contributed by atoms with Crippen LogP contribution in [-0.4, -0.2) is 22.3 Å². The molecule has 2 aromatic rings. The second-order valence-corrected chi connectivity index (χ2v) is 5.51. The summed E-state index contributed by atoms with van der Waals surface area (Å²) in [5, 5.41) is 6.83. The summed E-state index contributed by atoms with van der Waals surface area (Å²) in [4.78, 5) is 12.2. The third-order valence-corrected chi connectivity index (χ3v) is 3.50. The maximum atomic E-state index is 14.5. The maximum Gasteiger partial charge on any atom is 0.269 e. The van der Waals surface area contributed by atoms with Crippen LogP contribution in [0.2, 0.25) is 0 Å². The Morgan fingerprint density at radius 3 is 2.88 bits per heavy atom. The normalized spacial score (nSPS) is 10.1. The number of nitrogens with zero attached hydrogens (tertiary/aromatic N) is 2. The minimum Gasteiger partial charge on any atom is -0.490 e. The fourth-order valence-electron chi connectivity index (χ4n) is 2.32. The number of ether oxygens (including phenoxy) is 1. The molecule has 0 aliphatic rings. The summed E-state index contributed by atoms with van der Waals surface area (Å²) >= 11 is 0. The number of rotatable bonds is 6. The van der Waals surface area contributed by atoms with Crippen molar-refractivity contribution < 1.29 is 13.9 Å². The van der Waals surface area contributed by atoms with E-state index in [0.717, 1.165) is 12.1 Å². The predicted molar refractivity (Wildman–Crippen MR) is 93.7 cm³/mol. The first-order valence-electron chi connectivity index (χ1n) is 8.17. The van der Waals surface area contributed by atoms with Gasteiger partial charge in [0.25, 0.3) is 5.91 Å². The van der Waals surface area contributed by atoms with E-state index in [9.17, 15) is 9.18 Å². The molecule has 0 unspecified atom stereocenters. The molecule has 1 amide bonds. The van der Waals surface area contributed by atoms with Crippen LogP contribution in [0, 0.1) is 24.6 Å². The van der Waals surface area contributed by atoms with Crippen molar-refractivity contribution in [3.8, 4) is 17.6 Å². The largest absolute Gasteiger partial charge is 0.490 e. The molecule has 1 N–H and O–H groups in total. The number of amides is 1. The van der Waals surface area contributed by atoms with E-state index >= 15 is 0 Å². The van der Waals surface area contributed by atoms with Gasteiger partial charge < -0.3 is 10.1 Å². The van der Waals surface area contributed by atoms with E-state index in [-0.39, 0.29) is 18.2 Å². The van der Waals surface area contributed by atoms with Crippen molar-refractivity contribution in [3.63, 3.8) is 0 Å². The standard InChI is InChI=1S/C19H22FN3O2/c1-4-5-6-7-11-25-17-10-8-9-15(18(17)20)13-21-19(24)16-12-14(2)22-23(16)3/h8-10,12H,4,7,11,13H2,1-3H3,(H,21,24). The van der Waals surface area contributed by atoms with Crippen LogP contribution in [0.5, 0.6) is 5.75 Å². The van der Waals surface area contributed by atoms with Crippen molar-refractivity contribution in [2.24, 2.45) is 7.05 Å². The fourth-order valence-corrected chi connectivity index (χ4v) is 2.32. The highest BCUT2D eigenvalue weighted by Crippen LogP contribution is 2.20. The molecule has 1 aromatic heterocycles. The van der Waals surface area contributed by atoms with Gasteiger partial charge in [0.1, 0.15) is 5.69 Å². The highest BCUT2D eigenvalue weighted by Gasteiger charge is 2.14. The van der Waals surface area contributed by atoms with Crippen LogP contribution in [-0.2, 0) is 13.6 Å². The molecule has 0 aliphatic carbocycles. The summed E-state index contributed by atoms with van der Waals surface area (Å²) in [6, 6.07) is 6.57. The van der Waals surface area contributed by atoms with Gasteiger partial charge in [-0.3, -0.25) is 9.48 Å². The van der Waals surface area contributed by atoms with Crippen molar-refractivity contribution in [1.82, 2.24) is 15.1 Å². The Kier molecular flexibility index (Phi) is 6.58. The minimum atomic E-state index is -0.465. The molecule has 0 fully saturated rings. The molecule has 0 radical (unpaired) electrons. The number of carbonyl (C=O) groups excluding carboxylic acids is 1. The molecular weight excluding hydrogens is 321 g/mol. The van der Waals surface area contributed by atoms with Crippen LogP contribution in [0.25, 0.3) is 0 Å². The Morgan fingerprint density at radius 1 is 1.40 bits per heavy atom. The molecule has 0 bridgehead atoms. The Balaban J connectivity index is 1.97. The van der Waals surface area contributed by atoms with Gasteiger partial charge in [0, 0.05) is 32.0 Å². The molecule has 6 heteroatoms. The zero-order valence-electron chi connectivity index (χ0n) is 14.7. The van der Waals surface area contributed by atoms with E-state index in [2.05, 4.69) is 22.3 Å². The molecule has 0 saturated carbocycles. The van der Waals surface area contributed by atoms with Crippen molar-refractivity contribution in [2.45, 2.75) is 33.2 Å². The van der Waals surface area contributed by atoms with Crippen molar-refractivity contribution in [2.75, 3.05) is 6.61 Å². The first kappa shape index (κ1) is 18.5. The van der Waals surface area contributed by atoms with Gasteiger partial charge in [0.05, 0.1) is 12.3 Å². The van der Waals surface area contributed by atoms with Crippen LogP contribution in [0.1, 0.15) is 41.5 Å². The fraction of sp³-hybridized carbons (Fsp3) is 0.368. The van der Waals surface area contributed by atoms with E-state index in [1.165, 1.54) is 4.68 Å². The van der Waals surface area contributed by atoms with E-state index in [1.54, 1.807) is 31.3 Å². The zero-order valence-corrected chi connectivity index (χ0v) is 14.7. The maximum absolute atomic E-state index is 14.5. The van der Waals surface area contributed by atoms with E-state index in [1.807, 2.05) is 13.8 Å². The molecule has 5 nitrogen and oxygen atoms in total. The Hall–Kier alpha value is -2.81. The lowest BCUT2D eigenvalue weighted by Gasteiger charge is -2.10. The lowest BCUT2D eigenvalue weighted by molar-refractivity contribution is 0.0941. The molecule has 132 valence electrons. The molecule has 0 atom stereocenters. The molecular formula is C19H22FN3O2. The lowest BCUT2D eigenvalue weighted by atomic mass is 10.2. The summed E-state index contributed by atoms with van der Waals surface area (Å²) in [6.07, 6.45) is 1.34. The van der Waals surface area contributed by atoms with Gasteiger partial charge in [0.15, 0.2) is 11.6 Å². The summed E-state index contributed by atoms with van der Waals surface area (Å²) in [6.45, 7) is 4.18. The second kappa shape index (κ2) is 8.88. The van der Waals surface area contributed by atoms with Crippen LogP contribution < -0.4 is 10.1 Å². The molecule has 0 aliphatic heterocycles. The molecule has 25 heavy (non-hydrogen) atoms. The first-order valence-corrected chi connectivity index (χ1v) is 8.17. The SMILES string of the molecule is CCC#CCCOc1cccc(CNC(=O)c2cc(C)nn2C)c1F. The van der Waals surface area contributed by atoms with E-state index < -0.39 is 5.82 Å². The molecule has 2 rings (SSSR count). The average Bonchev–Trinajstić information content (AvgIpc) is 2.93. The van der Waals surface area contributed by atoms with Gasteiger partial charge in [-0.1, -0.05) is 25.0 Å². The van der Waals surface area contributed by atoms with Crippen LogP contribution >= 0.6 is 0 Å². The zero-order chi connectivity index (χ0) is 18.2. The third kappa shape index (κ3) is 5.08. The number of hydrogen-bond acceptors (Lipinski definition) is 3. The lowest BCUT2D eigenvalue weighted by Crippen LogP contribution is -2.25. The second-order valence-electron chi connectivity index (χ2n) is 5.51. The number of nitrogens with one attached hydrogen (secondary N) is 1. The first-order chi connectivity index (χ1) is 12.0. The topological polar surface area (TPSA) is 56.1 Å². The van der Waals surface area contributed by atoms with Gasteiger partial charge in [-0.2, -0.15) is 5.10 Å².